The van der Waals surface area contributed by atoms with Crippen molar-refractivity contribution in [1.82, 2.24) is 5.32 Å². The lowest BCUT2D eigenvalue weighted by atomic mass is 10.0. The number of hydrogen-bond acceptors (Lipinski definition) is 3. The third-order valence-electron chi connectivity index (χ3n) is 2.90. The standard InChI is InChI=1S/C15H24N2O/c1-3-4-7-10-17-15(11-16)14-9-6-5-8-13(14)12-18-2/h3-6,8-9,15,17H,7,10-12,16H2,1-2H3/b4-3+. The second-order valence-corrected chi connectivity index (χ2v) is 4.23. The van der Waals surface area contributed by atoms with E-state index in [-0.39, 0.29) is 6.04 Å². The quantitative estimate of drug-likeness (QED) is 0.548. The summed E-state index contributed by atoms with van der Waals surface area (Å²) in [6.45, 7) is 4.20. The van der Waals surface area contributed by atoms with Crippen LogP contribution in [0.2, 0.25) is 0 Å². The van der Waals surface area contributed by atoms with Gasteiger partial charge in [0, 0.05) is 19.7 Å². The Labute approximate surface area is 110 Å². The summed E-state index contributed by atoms with van der Waals surface area (Å²) < 4.78 is 5.23. The number of hydrogen-bond donors (Lipinski definition) is 2. The molecule has 0 bridgehead atoms. The molecule has 1 aromatic carbocycles. The third kappa shape index (κ3) is 4.61. The van der Waals surface area contributed by atoms with E-state index in [9.17, 15) is 0 Å². The van der Waals surface area contributed by atoms with Crippen molar-refractivity contribution < 1.29 is 4.74 Å². The van der Waals surface area contributed by atoms with Gasteiger partial charge in [-0.2, -0.15) is 0 Å². The van der Waals surface area contributed by atoms with Gasteiger partial charge in [-0.1, -0.05) is 36.4 Å². The van der Waals surface area contributed by atoms with Crippen LogP contribution in [0.15, 0.2) is 36.4 Å². The molecule has 1 aromatic rings. The van der Waals surface area contributed by atoms with E-state index in [0.29, 0.717) is 13.2 Å². The van der Waals surface area contributed by atoms with Gasteiger partial charge in [0.2, 0.25) is 0 Å². The molecule has 0 heterocycles. The van der Waals surface area contributed by atoms with Crippen molar-refractivity contribution in [2.24, 2.45) is 5.73 Å². The highest BCUT2D eigenvalue weighted by Crippen LogP contribution is 2.18. The summed E-state index contributed by atoms with van der Waals surface area (Å²) >= 11 is 0. The van der Waals surface area contributed by atoms with E-state index in [1.165, 1.54) is 11.1 Å². The van der Waals surface area contributed by atoms with Gasteiger partial charge in [-0.3, -0.25) is 0 Å². The van der Waals surface area contributed by atoms with Crippen LogP contribution in [0.3, 0.4) is 0 Å². The van der Waals surface area contributed by atoms with E-state index < -0.39 is 0 Å². The van der Waals surface area contributed by atoms with Gasteiger partial charge in [-0.05, 0) is 31.0 Å². The number of nitrogens with two attached hydrogens (primary N) is 1. The summed E-state index contributed by atoms with van der Waals surface area (Å²) in [4.78, 5) is 0. The fourth-order valence-corrected chi connectivity index (χ4v) is 1.99. The molecule has 3 heteroatoms. The summed E-state index contributed by atoms with van der Waals surface area (Å²) in [5.41, 5.74) is 8.30. The van der Waals surface area contributed by atoms with E-state index in [0.717, 1.165) is 13.0 Å². The Morgan fingerprint density at radius 2 is 2.17 bits per heavy atom. The van der Waals surface area contributed by atoms with Crippen molar-refractivity contribution in [3.63, 3.8) is 0 Å². The highest BCUT2D eigenvalue weighted by Gasteiger charge is 2.12. The van der Waals surface area contributed by atoms with Gasteiger partial charge in [-0.25, -0.2) is 0 Å². The first kappa shape index (κ1) is 14.9. The number of methoxy groups -OCH3 is 1. The molecule has 1 atom stereocenters. The SMILES string of the molecule is C/C=C/CCNC(CN)c1ccccc1COC. The Hall–Kier alpha value is -1.16. The zero-order chi connectivity index (χ0) is 13.2. The molecule has 18 heavy (non-hydrogen) atoms. The first-order chi connectivity index (χ1) is 8.83. The number of benzene rings is 1. The largest absolute Gasteiger partial charge is 0.380 e. The minimum atomic E-state index is 0.196. The Balaban J connectivity index is 2.68. The molecule has 0 aliphatic carbocycles. The summed E-state index contributed by atoms with van der Waals surface area (Å²) in [6, 6.07) is 8.49. The number of rotatable bonds is 8. The molecule has 3 N–H and O–H groups in total. The molecule has 0 amide bonds. The number of nitrogens with one attached hydrogen (secondary N) is 1. The minimum absolute atomic E-state index is 0.196. The van der Waals surface area contributed by atoms with Crippen molar-refractivity contribution in [3.05, 3.63) is 47.5 Å². The molecule has 0 aromatic heterocycles. The predicted octanol–water partition coefficient (Wildman–Crippen LogP) is 2.39. The maximum atomic E-state index is 5.86. The molecular weight excluding hydrogens is 224 g/mol. The van der Waals surface area contributed by atoms with Gasteiger partial charge >= 0.3 is 0 Å². The van der Waals surface area contributed by atoms with Crippen molar-refractivity contribution in [2.45, 2.75) is 26.0 Å². The molecule has 3 nitrogen and oxygen atoms in total. The highest BCUT2D eigenvalue weighted by molar-refractivity contribution is 5.29. The van der Waals surface area contributed by atoms with Crippen LogP contribution in [0.5, 0.6) is 0 Å². The zero-order valence-corrected chi connectivity index (χ0v) is 11.4. The van der Waals surface area contributed by atoms with Crippen molar-refractivity contribution in [3.8, 4) is 0 Å². The molecule has 0 aliphatic rings. The van der Waals surface area contributed by atoms with Crippen LogP contribution in [0.4, 0.5) is 0 Å². The topological polar surface area (TPSA) is 47.3 Å². The van der Waals surface area contributed by atoms with Crippen LogP contribution in [0.1, 0.15) is 30.5 Å². The molecule has 1 rings (SSSR count). The average molecular weight is 248 g/mol. The fourth-order valence-electron chi connectivity index (χ4n) is 1.99. The van der Waals surface area contributed by atoms with E-state index in [1.807, 2.05) is 19.1 Å². The maximum absolute atomic E-state index is 5.86. The first-order valence-corrected chi connectivity index (χ1v) is 6.44. The molecule has 0 spiro atoms. The average Bonchev–Trinajstić information content (AvgIpc) is 2.41. The molecule has 0 fully saturated rings. The summed E-state index contributed by atoms with van der Waals surface area (Å²) in [7, 11) is 1.72. The third-order valence-corrected chi connectivity index (χ3v) is 2.90. The molecule has 0 aliphatic heterocycles. The molecule has 0 saturated carbocycles. The minimum Gasteiger partial charge on any atom is -0.380 e. The summed E-state index contributed by atoms with van der Waals surface area (Å²) in [5, 5.41) is 3.49. The Kier molecular flexibility index (Phi) is 7.34. The first-order valence-electron chi connectivity index (χ1n) is 6.44. The second-order valence-electron chi connectivity index (χ2n) is 4.23. The van der Waals surface area contributed by atoms with Gasteiger partial charge in [0.25, 0.3) is 0 Å². The Morgan fingerprint density at radius 3 is 2.83 bits per heavy atom. The molecule has 1 unspecified atom stereocenters. The second kappa shape index (κ2) is 8.86. The van der Waals surface area contributed by atoms with Crippen molar-refractivity contribution in [2.75, 3.05) is 20.2 Å². The van der Waals surface area contributed by atoms with Crippen LogP contribution in [0, 0.1) is 0 Å². The molecule has 100 valence electrons. The normalized spacial score (nSPS) is 13.1. The van der Waals surface area contributed by atoms with E-state index in [1.54, 1.807) is 7.11 Å². The lowest BCUT2D eigenvalue weighted by Gasteiger charge is -2.20. The Bertz CT molecular complexity index is 363. The van der Waals surface area contributed by atoms with Gasteiger partial charge in [-0.15, -0.1) is 0 Å². The van der Waals surface area contributed by atoms with Crippen LogP contribution in [-0.4, -0.2) is 20.2 Å². The molecule has 0 saturated heterocycles. The van der Waals surface area contributed by atoms with E-state index in [2.05, 4.69) is 29.6 Å². The van der Waals surface area contributed by atoms with Crippen molar-refractivity contribution in [1.29, 1.82) is 0 Å². The van der Waals surface area contributed by atoms with Crippen LogP contribution in [-0.2, 0) is 11.3 Å². The number of ether oxygens (including phenoxy) is 1. The van der Waals surface area contributed by atoms with E-state index >= 15 is 0 Å². The number of allylic oxidation sites excluding steroid dienone is 1. The predicted molar refractivity (Wildman–Crippen MR) is 76.4 cm³/mol. The zero-order valence-electron chi connectivity index (χ0n) is 11.4. The fraction of sp³-hybridized carbons (Fsp3) is 0.467. The van der Waals surface area contributed by atoms with Crippen LogP contribution >= 0.6 is 0 Å². The lowest BCUT2D eigenvalue weighted by Crippen LogP contribution is -2.29. The highest BCUT2D eigenvalue weighted by atomic mass is 16.5. The van der Waals surface area contributed by atoms with Crippen LogP contribution < -0.4 is 11.1 Å². The van der Waals surface area contributed by atoms with Gasteiger partial charge < -0.3 is 15.8 Å². The molecule has 0 radical (unpaired) electrons. The summed E-state index contributed by atoms with van der Waals surface area (Å²) in [5.74, 6) is 0. The lowest BCUT2D eigenvalue weighted by molar-refractivity contribution is 0.183. The maximum Gasteiger partial charge on any atom is 0.0716 e. The Morgan fingerprint density at radius 1 is 1.39 bits per heavy atom. The van der Waals surface area contributed by atoms with Gasteiger partial charge in [0.05, 0.1) is 6.61 Å². The van der Waals surface area contributed by atoms with Gasteiger partial charge in [0.1, 0.15) is 0 Å². The van der Waals surface area contributed by atoms with Crippen molar-refractivity contribution >= 4 is 0 Å². The van der Waals surface area contributed by atoms with E-state index in [4.69, 9.17) is 10.5 Å². The smallest absolute Gasteiger partial charge is 0.0716 e. The molecular formula is C15H24N2O. The van der Waals surface area contributed by atoms with Crippen LogP contribution in [0.25, 0.3) is 0 Å². The monoisotopic (exact) mass is 248 g/mol. The summed E-state index contributed by atoms with van der Waals surface area (Å²) in [6.07, 6.45) is 5.25. The van der Waals surface area contributed by atoms with Gasteiger partial charge in [0.15, 0.2) is 0 Å².